The molecule has 0 amide bonds. The predicted molar refractivity (Wildman–Crippen MR) is 77.0 cm³/mol. The Balaban J connectivity index is 2.24. The molecule has 0 atom stereocenters. The van der Waals surface area contributed by atoms with Gasteiger partial charge in [0.15, 0.2) is 0 Å². The number of anilines is 3. The minimum atomic E-state index is -4.24. The molecular weight excluding hydrogens is 298 g/mol. The molecule has 9 heteroatoms. The third-order valence-corrected chi connectivity index (χ3v) is 3.55. The number of nitro groups is 1. The van der Waals surface area contributed by atoms with Gasteiger partial charge in [0.25, 0.3) is 15.8 Å². The fourth-order valence-electron chi connectivity index (χ4n) is 1.64. The van der Waals surface area contributed by atoms with Crippen molar-refractivity contribution in [3.05, 3.63) is 52.6 Å². The molecule has 0 radical (unpaired) electrons. The SMILES string of the molecule is Nc1cc([N+](=O)[O-])ccc1Nc1ccc(S(=O)(=O)O)cc1. The van der Waals surface area contributed by atoms with Gasteiger partial charge >= 0.3 is 0 Å². The summed E-state index contributed by atoms with van der Waals surface area (Å²) in [4.78, 5) is 9.82. The van der Waals surface area contributed by atoms with Crippen LogP contribution in [0, 0.1) is 10.1 Å². The van der Waals surface area contributed by atoms with Crippen LogP contribution >= 0.6 is 0 Å². The summed E-state index contributed by atoms with van der Waals surface area (Å²) in [5.74, 6) is 0. The van der Waals surface area contributed by atoms with Crippen LogP contribution < -0.4 is 11.1 Å². The smallest absolute Gasteiger partial charge is 0.294 e. The molecule has 2 aromatic rings. The third kappa shape index (κ3) is 3.46. The standard InChI is InChI=1S/C12H11N3O5S/c13-11-7-9(15(16)17)3-6-12(11)14-8-1-4-10(5-2-8)21(18,19)20/h1-7,14H,13H2,(H,18,19,20). The summed E-state index contributed by atoms with van der Waals surface area (Å²) in [5.41, 5.74) is 6.72. The van der Waals surface area contributed by atoms with E-state index in [0.29, 0.717) is 11.4 Å². The molecule has 0 aliphatic rings. The number of rotatable bonds is 4. The number of hydrogen-bond acceptors (Lipinski definition) is 6. The lowest BCUT2D eigenvalue weighted by atomic mass is 10.2. The number of nitro benzene ring substituents is 1. The molecule has 0 saturated carbocycles. The van der Waals surface area contributed by atoms with E-state index < -0.39 is 15.0 Å². The second-order valence-electron chi connectivity index (χ2n) is 4.15. The monoisotopic (exact) mass is 309 g/mol. The Hall–Kier alpha value is -2.65. The molecule has 4 N–H and O–H groups in total. The quantitative estimate of drug-likeness (QED) is 0.341. The van der Waals surface area contributed by atoms with Gasteiger partial charge in [-0.05, 0) is 30.3 Å². The van der Waals surface area contributed by atoms with E-state index in [9.17, 15) is 18.5 Å². The topological polar surface area (TPSA) is 136 Å². The van der Waals surface area contributed by atoms with Crippen LogP contribution in [0.25, 0.3) is 0 Å². The van der Waals surface area contributed by atoms with E-state index in [-0.39, 0.29) is 16.3 Å². The van der Waals surface area contributed by atoms with Crippen LogP contribution in [0.4, 0.5) is 22.7 Å². The van der Waals surface area contributed by atoms with Crippen LogP contribution in [0.2, 0.25) is 0 Å². The molecule has 2 rings (SSSR count). The van der Waals surface area contributed by atoms with E-state index in [1.54, 1.807) is 0 Å². The highest BCUT2D eigenvalue weighted by Gasteiger charge is 2.10. The highest BCUT2D eigenvalue weighted by atomic mass is 32.2. The molecule has 0 aliphatic heterocycles. The molecule has 110 valence electrons. The van der Waals surface area contributed by atoms with E-state index >= 15 is 0 Å². The van der Waals surface area contributed by atoms with Crippen molar-refractivity contribution in [3.63, 3.8) is 0 Å². The third-order valence-electron chi connectivity index (χ3n) is 2.68. The second-order valence-corrected chi connectivity index (χ2v) is 5.57. The van der Waals surface area contributed by atoms with Crippen molar-refractivity contribution in [2.24, 2.45) is 0 Å². The van der Waals surface area contributed by atoms with Crippen molar-refractivity contribution in [1.29, 1.82) is 0 Å². The maximum Gasteiger partial charge on any atom is 0.294 e. The van der Waals surface area contributed by atoms with E-state index in [1.165, 1.54) is 42.5 Å². The van der Waals surface area contributed by atoms with Gasteiger partial charge < -0.3 is 11.1 Å². The van der Waals surface area contributed by atoms with Crippen molar-refractivity contribution in [3.8, 4) is 0 Å². The van der Waals surface area contributed by atoms with E-state index in [1.807, 2.05) is 0 Å². The van der Waals surface area contributed by atoms with Crippen LogP contribution in [-0.4, -0.2) is 17.9 Å². The molecule has 8 nitrogen and oxygen atoms in total. The first-order valence-electron chi connectivity index (χ1n) is 5.66. The fraction of sp³-hybridized carbons (Fsp3) is 0. The summed E-state index contributed by atoms with van der Waals surface area (Å²) in [5, 5.41) is 13.5. The number of non-ortho nitro benzene ring substituents is 1. The Morgan fingerprint density at radius 1 is 1.14 bits per heavy atom. The van der Waals surface area contributed by atoms with Crippen molar-refractivity contribution >= 4 is 32.9 Å². The second kappa shape index (κ2) is 5.38. The predicted octanol–water partition coefficient (Wildman–Crippen LogP) is 2.17. The largest absolute Gasteiger partial charge is 0.397 e. The zero-order valence-corrected chi connectivity index (χ0v) is 11.4. The molecular formula is C12H11N3O5S. The summed E-state index contributed by atoms with van der Waals surface area (Å²) in [7, 11) is -4.24. The van der Waals surface area contributed by atoms with Gasteiger partial charge in [0, 0.05) is 17.8 Å². The molecule has 2 aromatic carbocycles. The Labute approximate surface area is 120 Å². The normalized spacial score (nSPS) is 11.1. The van der Waals surface area contributed by atoms with E-state index in [4.69, 9.17) is 10.3 Å². The highest BCUT2D eigenvalue weighted by Crippen LogP contribution is 2.27. The van der Waals surface area contributed by atoms with Crippen molar-refractivity contribution in [1.82, 2.24) is 0 Å². The molecule has 21 heavy (non-hydrogen) atoms. The van der Waals surface area contributed by atoms with E-state index in [2.05, 4.69) is 5.32 Å². The summed E-state index contributed by atoms with van der Waals surface area (Å²) in [6.45, 7) is 0. The lowest BCUT2D eigenvalue weighted by Gasteiger charge is -2.09. The first kappa shape index (κ1) is 14.8. The van der Waals surface area contributed by atoms with Gasteiger partial charge in [-0.1, -0.05) is 0 Å². The molecule has 0 aliphatic carbocycles. The number of benzene rings is 2. The molecule has 0 saturated heterocycles. The van der Waals surface area contributed by atoms with Gasteiger partial charge in [-0.2, -0.15) is 8.42 Å². The van der Waals surface area contributed by atoms with Gasteiger partial charge in [-0.3, -0.25) is 14.7 Å². The summed E-state index contributed by atoms with van der Waals surface area (Å²) in [6.07, 6.45) is 0. The van der Waals surface area contributed by atoms with Gasteiger partial charge in [0.2, 0.25) is 0 Å². The summed E-state index contributed by atoms with van der Waals surface area (Å²) < 4.78 is 30.7. The Kier molecular flexibility index (Phi) is 3.78. The Morgan fingerprint density at radius 3 is 2.24 bits per heavy atom. The van der Waals surface area contributed by atoms with Gasteiger partial charge in [-0.15, -0.1) is 0 Å². The molecule has 0 fully saturated rings. The lowest BCUT2D eigenvalue weighted by molar-refractivity contribution is -0.384. The van der Waals surface area contributed by atoms with Crippen LogP contribution in [-0.2, 0) is 10.1 Å². The minimum absolute atomic E-state index is 0.125. The van der Waals surface area contributed by atoms with Crippen LogP contribution in [0.5, 0.6) is 0 Å². The van der Waals surface area contributed by atoms with Gasteiger partial charge in [-0.25, -0.2) is 0 Å². The highest BCUT2D eigenvalue weighted by molar-refractivity contribution is 7.85. The Morgan fingerprint density at radius 2 is 1.76 bits per heavy atom. The van der Waals surface area contributed by atoms with E-state index in [0.717, 1.165) is 0 Å². The number of nitrogen functional groups attached to an aromatic ring is 1. The molecule has 0 bridgehead atoms. The van der Waals surface area contributed by atoms with Crippen molar-refractivity contribution in [2.45, 2.75) is 4.90 Å². The zero-order valence-electron chi connectivity index (χ0n) is 10.6. The lowest BCUT2D eigenvalue weighted by Crippen LogP contribution is -2.00. The Bertz CT molecular complexity index is 787. The minimum Gasteiger partial charge on any atom is -0.397 e. The maximum absolute atomic E-state index is 10.9. The number of nitrogens with zero attached hydrogens (tertiary/aromatic N) is 1. The number of nitrogens with two attached hydrogens (primary N) is 1. The van der Waals surface area contributed by atoms with Crippen LogP contribution in [0.3, 0.4) is 0 Å². The maximum atomic E-state index is 10.9. The average Bonchev–Trinajstić information content (AvgIpc) is 2.40. The molecule has 0 heterocycles. The van der Waals surface area contributed by atoms with Crippen LogP contribution in [0.1, 0.15) is 0 Å². The summed E-state index contributed by atoms with van der Waals surface area (Å²) in [6, 6.07) is 9.27. The fourth-order valence-corrected chi connectivity index (χ4v) is 2.12. The number of nitrogens with one attached hydrogen (secondary N) is 1. The summed E-state index contributed by atoms with van der Waals surface area (Å²) >= 11 is 0. The average molecular weight is 309 g/mol. The first-order valence-corrected chi connectivity index (χ1v) is 7.10. The first-order chi connectivity index (χ1) is 9.77. The molecule has 0 spiro atoms. The van der Waals surface area contributed by atoms with Crippen LogP contribution in [0.15, 0.2) is 47.4 Å². The van der Waals surface area contributed by atoms with Crippen molar-refractivity contribution in [2.75, 3.05) is 11.1 Å². The van der Waals surface area contributed by atoms with Crippen molar-refractivity contribution < 1.29 is 17.9 Å². The number of hydrogen-bond donors (Lipinski definition) is 3. The van der Waals surface area contributed by atoms with Gasteiger partial charge in [0.05, 0.1) is 21.2 Å². The molecule has 0 aromatic heterocycles. The molecule has 0 unspecified atom stereocenters. The zero-order chi connectivity index (χ0) is 15.6. The van der Waals surface area contributed by atoms with Gasteiger partial charge in [0.1, 0.15) is 0 Å².